The second-order valence-corrected chi connectivity index (χ2v) is 7.54. The number of aromatic nitrogens is 1. The Morgan fingerprint density at radius 1 is 1.38 bits per heavy atom. The third-order valence-corrected chi connectivity index (χ3v) is 5.68. The Labute approximate surface area is 128 Å². The van der Waals surface area contributed by atoms with Crippen molar-refractivity contribution in [2.45, 2.75) is 17.9 Å². The normalized spacial score (nSPS) is 12.8. The number of hydrogen-bond donors (Lipinski definition) is 1. The molecule has 0 saturated heterocycles. The lowest BCUT2D eigenvalue weighted by Crippen LogP contribution is -2.25. The van der Waals surface area contributed by atoms with Crippen molar-refractivity contribution in [2.24, 2.45) is 0 Å². The second-order valence-electron chi connectivity index (χ2n) is 4.50. The Hall–Kier alpha value is -1.75. The molecule has 2 rings (SSSR count). The van der Waals surface area contributed by atoms with E-state index >= 15 is 0 Å². The van der Waals surface area contributed by atoms with Gasteiger partial charge in [0.15, 0.2) is 9.84 Å². The molecule has 1 aromatic heterocycles. The van der Waals surface area contributed by atoms with Gasteiger partial charge in [0, 0.05) is 18.1 Å². The van der Waals surface area contributed by atoms with E-state index in [-0.39, 0.29) is 16.7 Å². The van der Waals surface area contributed by atoms with E-state index in [1.54, 1.807) is 6.20 Å². The number of sulfone groups is 1. The van der Waals surface area contributed by atoms with E-state index < -0.39 is 9.84 Å². The fourth-order valence-electron chi connectivity index (χ4n) is 1.80. The van der Waals surface area contributed by atoms with E-state index in [0.29, 0.717) is 12.1 Å². The van der Waals surface area contributed by atoms with E-state index in [1.165, 1.54) is 35.6 Å². The van der Waals surface area contributed by atoms with Gasteiger partial charge >= 0.3 is 0 Å². The minimum Gasteiger partial charge on any atom is -0.307 e. The van der Waals surface area contributed by atoms with Crippen molar-refractivity contribution in [1.82, 2.24) is 10.3 Å². The first kappa shape index (κ1) is 15.6. The molecule has 1 atom stereocenters. The molecule has 5 nitrogen and oxygen atoms in total. The van der Waals surface area contributed by atoms with Crippen molar-refractivity contribution >= 4 is 21.2 Å². The largest absolute Gasteiger partial charge is 0.307 e. The Morgan fingerprint density at radius 3 is 2.67 bits per heavy atom. The highest BCUT2D eigenvalue weighted by Crippen LogP contribution is 2.15. The van der Waals surface area contributed by atoms with E-state index in [4.69, 9.17) is 5.26 Å². The van der Waals surface area contributed by atoms with Gasteiger partial charge in [-0.25, -0.2) is 13.4 Å². The maximum Gasteiger partial charge on any atom is 0.179 e. The smallest absolute Gasteiger partial charge is 0.179 e. The lowest BCUT2D eigenvalue weighted by Gasteiger charge is -2.11. The molecule has 0 amide bonds. The van der Waals surface area contributed by atoms with Crippen LogP contribution in [0, 0.1) is 11.3 Å². The number of benzene rings is 1. The lowest BCUT2D eigenvalue weighted by atomic mass is 10.2. The van der Waals surface area contributed by atoms with Crippen LogP contribution >= 0.6 is 11.3 Å². The maximum absolute atomic E-state index is 12.2. The van der Waals surface area contributed by atoms with Gasteiger partial charge < -0.3 is 5.32 Å². The fraction of sp³-hybridized carbons (Fsp3) is 0.286. The molecular weight excluding hydrogens is 306 g/mol. The van der Waals surface area contributed by atoms with Crippen LogP contribution in [0.5, 0.6) is 0 Å². The Kier molecular flexibility index (Phi) is 5.07. The third-order valence-electron chi connectivity index (χ3n) is 2.99. The van der Waals surface area contributed by atoms with Crippen LogP contribution in [0.1, 0.15) is 23.5 Å². The van der Waals surface area contributed by atoms with E-state index in [9.17, 15) is 8.42 Å². The molecule has 2 aromatic rings. The average molecular weight is 321 g/mol. The van der Waals surface area contributed by atoms with Crippen LogP contribution in [0.15, 0.2) is 40.7 Å². The lowest BCUT2D eigenvalue weighted by molar-refractivity contribution is 0.571. The summed E-state index contributed by atoms with van der Waals surface area (Å²) >= 11 is 1.54. The molecule has 7 heteroatoms. The minimum atomic E-state index is -3.34. The van der Waals surface area contributed by atoms with Crippen LogP contribution in [0.3, 0.4) is 0 Å². The summed E-state index contributed by atoms with van der Waals surface area (Å²) in [6.45, 7) is 2.30. The Balaban J connectivity index is 1.93. The first-order chi connectivity index (χ1) is 10.0. The van der Waals surface area contributed by atoms with Crippen molar-refractivity contribution in [3.8, 4) is 6.07 Å². The van der Waals surface area contributed by atoms with Crippen LogP contribution in [0.4, 0.5) is 0 Å². The molecule has 1 heterocycles. The predicted octanol–water partition coefficient (Wildman–Crippen LogP) is 2.14. The molecule has 0 spiro atoms. The summed E-state index contributed by atoms with van der Waals surface area (Å²) in [7, 11) is -3.34. The summed E-state index contributed by atoms with van der Waals surface area (Å²) in [5, 5.41) is 14.7. The molecule has 0 saturated carbocycles. The Morgan fingerprint density at radius 2 is 2.10 bits per heavy atom. The fourth-order valence-corrected chi connectivity index (χ4v) is 3.64. The molecule has 1 aromatic carbocycles. The standard InChI is InChI=1S/C14H15N3O2S2/c1-11(14-17-6-8-20-14)16-7-9-21(18,19)13-4-2-12(10-15)3-5-13/h2-6,8,11,16H,7,9H2,1H3. The summed E-state index contributed by atoms with van der Waals surface area (Å²) in [5.74, 6) is 0.00855. The van der Waals surface area contributed by atoms with Crippen molar-refractivity contribution in [3.63, 3.8) is 0 Å². The molecule has 0 aliphatic heterocycles. The van der Waals surface area contributed by atoms with Gasteiger partial charge in [-0.05, 0) is 31.2 Å². The highest BCUT2D eigenvalue weighted by molar-refractivity contribution is 7.91. The SMILES string of the molecule is CC(NCCS(=O)(=O)c1ccc(C#N)cc1)c1nccs1. The highest BCUT2D eigenvalue weighted by atomic mass is 32.2. The van der Waals surface area contributed by atoms with Gasteiger partial charge in [-0.15, -0.1) is 11.3 Å². The number of hydrogen-bond acceptors (Lipinski definition) is 6. The van der Waals surface area contributed by atoms with E-state index in [0.717, 1.165) is 5.01 Å². The van der Waals surface area contributed by atoms with Crippen LogP contribution in [-0.2, 0) is 9.84 Å². The number of nitriles is 1. The van der Waals surface area contributed by atoms with Crippen LogP contribution in [0.25, 0.3) is 0 Å². The summed E-state index contributed by atoms with van der Waals surface area (Å²) in [6, 6.07) is 7.96. The zero-order valence-electron chi connectivity index (χ0n) is 11.5. The van der Waals surface area contributed by atoms with Gasteiger partial charge in [0.1, 0.15) is 5.01 Å². The summed E-state index contributed by atoms with van der Waals surface area (Å²) < 4.78 is 24.3. The molecule has 0 fully saturated rings. The molecule has 0 bridgehead atoms. The highest BCUT2D eigenvalue weighted by Gasteiger charge is 2.15. The molecule has 0 radical (unpaired) electrons. The first-order valence-corrected chi connectivity index (χ1v) is 8.92. The van der Waals surface area contributed by atoms with Crippen LogP contribution < -0.4 is 5.32 Å². The predicted molar refractivity (Wildman–Crippen MR) is 81.7 cm³/mol. The van der Waals surface area contributed by atoms with Gasteiger partial charge in [-0.2, -0.15) is 5.26 Å². The van der Waals surface area contributed by atoms with Gasteiger partial charge in [0.25, 0.3) is 0 Å². The maximum atomic E-state index is 12.2. The molecule has 110 valence electrons. The monoisotopic (exact) mass is 321 g/mol. The van der Waals surface area contributed by atoms with Gasteiger partial charge in [-0.3, -0.25) is 0 Å². The Bertz CT molecular complexity index is 717. The van der Waals surface area contributed by atoms with Crippen LogP contribution in [-0.4, -0.2) is 25.7 Å². The van der Waals surface area contributed by atoms with Crippen molar-refractivity contribution in [3.05, 3.63) is 46.4 Å². The number of nitrogens with one attached hydrogen (secondary N) is 1. The molecule has 21 heavy (non-hydrogen) atoms. The van der Waals surface area contributed by atoms with Crippen molar-refractivity contribution in [1.29, 1.82) is 5.26 Å². The first-order valence-electron chi connectivity index (χ1n) is 6.38. The molecule has 1 N–H and O–H groups in total. The quantitative estimate of drug-likeness (QED) is 0.881. The summed E-state index contributed by atoms with van der Waals surface area (Å²) in [4.78, 5) is 4.43. The molecule has 1 unspecified atom stereocenters. The van der Waals surface area contributed by atoms with Gasteiger partial charge in [0.2, 0.25) is 0 Å². The average Bonchev–Trinajstić information content (AvgIpc) is 3.01. The number of nitrogens with zero attached hydrogens (tertiary/aromatic N) is 2. The second kappa shape index (κ2) is 6.80. The zero-order chi connectivity index (χ0) is 15.3. The molecular formula is C14H15N3O2S2. The third kappa shape index (κ3) is 4.11. The zero-order valence-corrected chi connectivity index (χ0v) is 13.1. The summed E-state index contributed by atoms with van der Waals surface area (Å²) in [6.07, 6.45) is 1.73. The van der Waals surface area contributed by atoms with Gasteiger partial charge in [0.05, 0.1) is 28.3 Å². The van der Waals surface area contributed by atoms with E-state index in [1.807, 2.05) is 18.4 Å². The van der Waals surface area contributed by atoms with Crippen LogP contribution in [0.2, 0.25) is 0 Å². The summed E-state index contributed by atoms with van der Waals surface area (Å²) in [5.41, 5.74) is 0.449. The molecule has 0 aliphatic rings. The molecule has 0 aliphatic carbocycles. The number of rotatable bonds is 6. The van der Waals surface area contributed by atoms with Crippen molar-refractivity contribution in [2.75, 3.05) is 12.3 Å². The van der Waals surface area contributed by atoms with Gasteiger partial charge in [-0.1, -0.05) is 0 Å². The van der Waals surface area contributed by atoms with E-state index in [2.05, 4.69) is 10.3 Å². The topological polar surface area (TPSA) is 82.9 Å². The van der Waals surface area contributed by atoms with Crippen molar-refractivity contribution < 1.29 is 8.42 Å². The number of thiazole rings is 1. The minimum absolute atomic E-state index is 0.00855.